The third kappa shape index (κ3) is 2.47. The van der Waals surface area contributed by atoms with E-state index in [1.165, 1.54) is 24.3 Å². The van der Waals surface area contributed by atoms with Crippen LogP contribution in [0.4, 0.5) is 30.7 Å². The lowest BCUT2D eigenvalue weighted by atomic mass is 10.1. The van der Waals surface area contributed by atoms with Gasteiger partial charge in [-0.1, -0.05) is 30.3 Å². The molecule has 1 heterocycles. The van der Waals surface area contributed by atoms with Crippen molar-refractivity contribution in [2.24, 2.45) is 0 Å². The van der Waals surface area contributed by atoms with Gasteiger partial charge in [0.05, 0.1) is 5.69 Å². The third-order valence-electron chi connectivity index (χ3n) is 2.74. The maximum atomic E-state index is 13.4. The Bertz CT molecular complexity index is 616. The Kier molecular flexibility index (Phi) is 3.46. The summed E-state index contributed by atoms with van der Waals surface area (Å²) >= 11 is 0. The Labute approximate surface area is 113 Å². The number of benzene rings is 1. The minimum atomic E-state index is -6.38. The quantitative estimate of drug-likeness (QED) is 0.838. The Morgan fingerprint density at radius 2 is 1.43 bits per heavy atom. The molecule has 0 spiro atoms. The second-order valence-corrected chi connectivity index (χ2v) is 4.18. The molecule has 0 unspecified atom stereocenters. The maximum absolute atomic E-state index is 13.4. The number of halogens is 7. The van der Waals surface area contributed by atoms with Gasteiger partial charge in [-0.15, -0.1) is 0 Å². The molecule has 0 aliphatic rings. The average molecular weight is 312 g/mol. The lowest BCUT2D eigenvalue weighted by molar-refractivity contribution is -0.360. The second kappa shape index (κ2) is 4.74. The van der Waals surface area contributed by atoms with E-state index in [-0.39, 0.29) is 5.69 Å². The van der Waals surface area contributed by atoms with Crippen LogP contribution in [0.1, 0.15) is 5.69 Å². The monoisotopic (exact) mass is 312 g/mol. The minimum Gasteiger partial charge on any atom is -0.276 e. The zero-order valence-corrected chi connectivity index (χ0v) is 10.1. The first-order chi connectivity index (χ1) is 9.57. The van der Waals surface area contributed by atoms with Crippen molar-refractivity contribution in [2.75, 3.05) is 0 Å². The van der Waals surface area contributed by atoms with Crippen LogP contribution in [0.15, 0.2) is 36.4 Å². The SMILES string of the molecule is FC(F)(F)C(F)(F)C(F)(F)c1cc(-c2ccccc2)n[nH]1. The summed E-state index contributed by atoms with van der Waals surface area (Å²) in [5.41, 5.74) is -1.47. The number of nitrogens with one attached hydrogen (secondary N) is 1. The van der Waals surface area contributed by atoms with Gasteiger partial charge in [0.1, 0.15) is 5.69 Å². The molecule has 1 N–H and O–H groups in total. The summed E-state index contributed by atoms with van der Waals surface area (Å²) in [7, 11) is 0. The highest BCUT2D eigenvalue weighted by molar-refractivity contribution is 5.59. The molecule has 0 amide bonds. The van der Waals surface area contributed by atoms with Crippen LogP contribution < -0.4 is 0 Å². The van der Waals surface area contributed by atoms with Gasteiger partial charge < -0.3 is 0 Å². The maximum Gasteiger partial charge on any atom is 0.460 e. The van der Waals surface area contributed by atoms with Crippen LogP contribution in [0.3, 0.4) is 0 Å². The summed E-state index contributed by atoms with van der Waals surface area (Å²) in [6.45, 7) is 0. The number of H-pyrrole nitrogens is 1. The third-order valence-corrected chi connectivity index (χ3v) is 2.74. The number of aromatic amines is 1. The summed E-state index contributed by atoms with van der Waals surface area (Å²) in [4.78, 5) is 0. The number of alkyl halides is 7. The van der Waals surface area contributed by atoms with Crippen molar-refractivity contribution >= 4 is 0 Å². The number of aromatic nitrogens is 2. The Morgan fingerprint density at radius 1 is 0.857 bits per heavy atom. The van der Waals surface area contributed by atoms with Crippen molar-refractivity contribution in [2.45, 2.75) is 18.0 Å². The standard InChI is InChI=1S/C12H7F7N2/c13-10(14,11(15,16)12(17,18)19)9-6-8(20-21-9)7-4-2-1-3-5-7/h1-6H,(H,20,21). The fourth-order valence-corrected chi connectivity index (χ4v) is 1.59. The van der Waals surface area contributed by atoms with E-state index in [4.69, 9.17) is 0 Å². The molecular weight excluding hydrogens is 305 g/mol. The highest BCUT2D eigenvalue weighted by atomic mass is 19.4. The first kappa shape index (κ1) is 15.3. The molecule has 1 aromatic carbocycles. The molecule has 0 saturated heterocycles. The summed E-state index contributed by atoms with van der Waals surface area (Å²) in [5.74, 6) is -11.7. The van der Waals surface area contributed by atoms with Crippen LogP contribution >= 0.6 is 0 Å². The Balaban J connectivity index is 2.41. The summed E-state index contributed by atoms with van der Waals surface area (Å²) in [6.07, 6.45) is -6.38. The molecule has 2 aromatic rings. The van der Waals surface area contributed by atoms with Gasteiger partial charge in [-0.3, -0.25) is 5.10 Å². The van der Waals surface area contributed by atoms with Crippen LogP contribution in [0.5, 0.6) is 0 Å². The average Bonchev–Trinajstić information content (AvgIpc) is 2.88. The van der Waals surface area contributed by atoms with Crippen molar-refractivity contribution in [1.29, 1.82) is 0 Å². The molecule has 114 valence electrons. The molecule has 0 radical (unpaired) electrons. The van der Waals surface area contributed by atoms with Gasteiger partial charge >= 0.3 is 18.0 Å². The fourth-order valence-electron chi connectivity index (χ4n) is 1.59. The van der Waals surface area contributed by atoms with E-state index in [1.54, 1.807) is 11.2 Å². The smallest absolute Gasteiger partial charge is 0.276 e. The molecule has 0 saturated carbocycles. The molecular formula is C12H7F7N2. The fraction of sp³-hybridized carbons (Fsp3) is 0.250. The van der Waals surface area contributed by atoms with Crippen LogP contribution in [-0.4, -0.2) is 22.3 Å². The van der Waals surface area contributed by atoms with Gasteiger partial charge in [-0.05, 0) is 6.07 Å². The summed E-state index contributed by atoms with van der Waals surface area (Å²) < 4.78 is 88.8. The van der Waals surface area contributed by atoms with Gasteiger partial charge in [-0.2, -0.15) is 35.8 Å². The van der Waals surface area contributed by atoms with Gasteiger partial charge in [0.15, 0.2) is 0 Å². The van der Waals surface area contributed by atoms with Gasteiger partial charge in [-0.25, -0.2) is 0 Å². The molecule has 0 fully saturated rings. The Morgan fingerprint density at radius 3 is 1.95 bits per heavy atom. The molecule has 21 heavy (non-hydrogen) atoms. The lowest BCUT2D eigenvalue weighted by Gasteiger charge is -2.26. The van der Waals surface area contributed by atoms with Crippen LogP contribution in [0.2, 0.25) is 0 Å². The van der Waals surface area contributed by atoms with Crippen molar-refractivity contribution in [1.82, 2.24) is 10.2 Å². The summed E-state index contributed by atoms with van der Waals surface area (Å²) in [6, 6.07) is 8.04. The molecule has 0 aliphatic heterocycles. The van der Waals surface area contributed by atoms with Gasteiger partial charge in [0.2, 0.25) is 0 Å². The molecule has 9 heteroatoms. The van der Waals surface area contributed by atoms with E-state index in [9.17, 15) is 30.7 Å². The topological polar surface area (TPSA) is 28.7 Å². The van der Waals surface area contributed by atoms with E-state index >= 15 is 0 Å². The Hall–Kier alpha value is -2.06. The second-order valence-electron chi connectivity index (χ2n) is 4.18. The van der Waals surface area contributed by atoms with Crippen molar-refractivity contribution in [3.8, 4) is 11.3 Å². The number of hydrogen-bond donors (Lipinski definition) is 1. The van der Waals surface area contributed by atoms with E-state index in [0.717, 1.165) is 0 Å². The van der Waals surface area contributed by atoms with Crippen molar-refractivity contribution in [3.63, 3.8) is 0 Å². The molecule has 2 rings (SSSR count). The van der Waals surface area contributed by atoms with Crippen LogP contribution in [0.25, 0.3) is 11.3 Å². The largest absolute Gasteiger partial charge is 0.460 e. The lowest BCUT2D eigenvalue weighted by Crippen LogP contribution is -2.50. The number of hydrogen-bond acceptors (Lipinski definition) is 1. The first-order valence-corrected chi connectivity index (χ1v) is 5.51. The van der Waals surface area contributed by atoms with Crippen molar-refractivity contribution < 1.29 is 30.7 Å². The molecule has 0 bridgehead atoms. The van der Waals surface area contributed by atoms with E-state index in [1.807, 2.05) is 0 Å². The molecule has 2 nitrogen and oxygen atoms in total. The van der Waals surface area contributed by atoms with Gasteiger partial charge in [0.25, 0.3) is 0 Å². The highest BCUT2D eigenvalue weighted by Gasteiger charge is 2.74. The van der Waals surface area contributed by atoms with E-state index < -0.39 is 23.7 Å². The van der Waals surface area contributed by atoms with E-state index in [0.29, 0.717) is 11.6 Å². The highest BCUT2D eigenvalue weighted by Crippen LogP contribution is 2.51. The molecule has 0 atom stereocenters. The van der Waals surface area contributed by atoms with Crippen LogP contribution in [0, 0.1) is 0 Å². The normalized spacial score (nSPS) is 13.5. The zero-order chi connectivity index (χ0) is 15.9. The number of nitrogens with zero attached hydrogens (tertiary/aromatic N) is 1. The predicted molar refractivity (Wildman–Crippen MR) is 58.9 cm³/mol. The molecule has 0 aliphatic carbocycles. The zero-order valence-electron chi connectivity index (χ0n) is 10.1. The predicted octanol–water partition coefficient (Wildman–Crippen LogP) is 4.37. The van der Waals surface area contributed by atoms with Gasteiger partial charge in [0, 0.05) is 5.56 Å². The number of rotatable bonds is 3. The van der Waals surface area contributed by atoms with E-state index in [2.05, 4.69) is 5.10 Å². The minimum absolute atomic E-state index is 0.164. The summed E-state index contributed by atoms with van der Waals surface area (Å²) in [5, 5.41) is 4.89. The molecule has 1 aromatic heterocycles. The first-order valence-electron chi connectivity index (χ1n) is 5.51. The van der Waals surface area contributed by atoms with Crippen LogP contribution in [-0.2, 0) is 5.92 Å². The van der Waals surface area contributed by atoms with Crippen molar-refractivity contribution in [3.05, 3.63) is 42.1 Å².